The monoisotopic (exact) mass is 147 g/mol. The molecule has 1 heterocycles. The summed E-state index contributed by atoms with van der Waals surface area (Å²) in [6.45, 7) is 0.812. The molecule has 0 aromatic heterocycles. The quantitative estimate of drug-likeness (QED) is 0.322. The number of aliphatic hydroxyl groups is 3. The fourth-order valence-electron chi connectivity index (χ4n) is 1.05. The van der Waals surface area contributed by atoms with E-state index >= 15 is 0 Å². The SMILES string of the molecule is OC1CNCC(O)C(O)C1. The Balaban J connectivity index is 2.41. The molecule has 1 fully saturated rings. The summed E-state index contributed by atoms with van der Waals surface area (Å²) < 4.78 is 0. The maximum absolute atomic E-state index is 9.08. The molecule has 1 saturated heterocycles. The molecule has 3 unspecified atom stereocenters. The molecule has 4 nitrogen and oxygen atoms in total. The molecule has 1 aliphatic rings. The molecular formula is C6H13NO3. The first kappa shape index (κ1) is 7.94. The van der Waals surface area contributed by atoms with Gasteiger partial charge in [-0.1, -0.05) is 0 Å². The van der Waals surface area contributed by atoms with Crippen LogP contribution in [-0.2, 0) is 0 Å². The fraction of sp³-hybridized carbons (Fsp3) is 1.00. The van der Waals surface area contributed by atoms with Crippen molar-refractivity contribution >= 4 is 0 Å². The largest absolute Gasteiger partial charge is 0.392 e. The summed E-state index contributed by atoms with van der Waals surface area (Å²) in [6.07, 6.45) is -1.80. The second kappa shape index (κ2) is 3.30. The smallest absolute Gasteiger partial charge is 0.0924 e. The van der Waals surface area contributed by atoms with Gasteiger partial charge in [0.25, 0.3) is 0 Å². The van der Waals surface area contributed by atoms with Crippen LogP contribution >= 0.6 is 0 Å². The highest BCUT2D eigenvalue weighted by Crippen LogP contribution is 2.05. The van der Waals surface area contributed by atoms with Gasteiger partial charge in [-0.15, -0.1) is 0 Å². The summed E-state index contributed by atoms with van der Waals surface area (Å²) in [7, 11) is 0. The Morgan fingerprint density at radius 1 is 1.00 bits per heavy atom. The van der Waals surface area contributed by atoms with Crippen molar-refractivity contribution in [3.05, 3.63) is 0 Å². The fourth-order valence-corrected chi connectivity index (χ4v) is 1.05. The van der Waals surface area contributed by atoms with Gasteiger partial charge in [0.05, 0.1) is 18.3 Å². The number of β-amino-alcohol motifs (C(OH)–C–C–N with tert-alkyl or cyclic N) is 2. The normalized spacial score (nSPS) is 42.9. The zero-order valence-corrected chi connectivity index (χ0v) is 5.70. The van der Waals surface area contributed by atoms with Crippen LogP contribution in [0.3, 0.4) is 0 Å². The van der Waals surface area contributed by atoms with Gasteiger partial charge in [-0.3, -0.25) is 0 Å². The van der Waals surface area contributed by atoms with Gasteiger partial charge in [-0.25, -0.2) is 0 Å². The second-order valence-electron chi connectivity index (χ2n) is 2.68. The lowest BCUT2D eigenvalue weighted by atomic mass is 10.1. The molecule has 0 aromatic rings. The minimum atomic E-state index is -0.787. The van der Waals surface area contributed by atoms with Gasteiger partial charge in [0, 0.05) is 19.5 Å². The van der Waals surface area contributed by atoms with E-state index in [9.17, 15) is 0 Å². The van der Waals surface area contributed by atoms with E-state index in [0.717, 1.165) is 0 Å². The Morgan fingerprint density at radius 2 is 1.70 bits per heavy atom. The van der Waals surface area contributed by atoms with Crippen molar-refractivity contribution in [3.63, 3.8) is 0 Å². The maximum atomic E-state index is 9.08. The first-order valence-electron chi connectivity index (χ1n) is 3.45. The molecule has 4 N–H and O–H groups in total. The Bertz CT molecular complexity index is 109. The molecule has 0 saturated carbocycles. The van der Waals surface area contributed by atoms with Gasteiger partial charge in [0.2, 0.25) is 0 Å². The molecule has 0 spiro atoms. The van der Waals surface area contributed by atoms with Gasteiger partial charge in [0.1, 0.15) is 0 Å². The topological polar surface area (TPSA) is 72.7 Å². The van der Waals surface area contributed by atoms with Crippen molar-refractivity contribution in [2.45, 2.75) is 24.7 Å². The van der Waals surface area contributed by atoms with Gasteiger partial charge in [-0.2, -0.15) is 0 Å². The number of nitrogens with one attached hydrogen (secondary N) is 1. The van der Waals surface area contributed by atoms with Crippen LogP contribution in [0.25, 0.3) is 0 Å². The van der Waals surface area contributed by atoms with E-state index in [1.807, 2.05) is 0 Å². The highest BCUT2D eigenvalue weighted by molar-refractivity contribution is 4.78. The van der Waals surface area contributed by atoms with Crippen molar-refractivity contribution in [3.8, 4) is 0 Å². The zero-order chi connectivity index (χ0) is 7.56. The Morgan fingerprint density at radius 3 is 2.40 bits per heavy atom. The maximum Gasteiger partial charge on any atom is 0.0924 e. The molecule has 1 aliphatic heterocycles. The zero-order valence-electron chi connectivity index (χ0n) is 5.70. The minimum absolute atomic E-state index is 0.258. The first-order chi connectivity index (χ1) is 4.70. The molecule has 0 bridgehead atoms. The van der Waals surface area contributed by atoms with Crippen LogP contribution in [0.15, 0.2) is 0 Å². The molecule has 3 atom stereocenters. The molecule has 0 aliphatic carbocycles. The summed E-state index contributed by atoms with van der Waals surface area (Å²) in [5.41, 5.74) is 0. The third-order valence-electron chi connectivity index (χ3n) is 1.69. The van der Waals surface area contributed by atoms with Gasteiger partial charge >= 0.3 is 0 Å². The van der Waals surface area contributed by atoms with Crippen molar-refractivity contribution in [2.24, 2.45) is 0 Å². The molecule has 60 valence electrons. The molecule has 1 rings (SSSR count). The minimum Gasteiger partial charge on any atom is -0.392 e. The Hall–Kier alpha value is -0.160. The van der Waals surface area contributed by atoms with Crippen LogP contribution in [0.4, 0.5) is 0 Å². The molecule has 0 amide bonds. The molecule has 0 aromatic carbocycles. The van der Waals surface area contributed by atoms with E-state index < -0.39 is 18.3 Å². The molecule has 0 radical (unpaired) electrons. The highest BCUT2D eigenvalue weighted by Gasteiger charge is 2.22. The third kappa shape index (κ3) is 1.91. The Kier molecular flexibility index (Phi) is 2.62. The second-order valence-corrected chi connectivity index (χ2v) is 2.68. The van der Waals surface area contributed by atoms with Crippen LogP contribution in [-0.4, -0.2) is 46.7 Å². The Labute approximate surface area is 59.5 Å². The van der Waals surface area contributed by atoms with E-state index in [-0.39, 0.29) is 6.42 Å². The first-order valence-corrected chi connectivity index (χ1v) is 3.45. The molecule has 4 heteroatoms. The average Bonchev–Trinajstić information content (AvgIpc) is 1.96. The lowest BCUT2D eigenvalue weighted by Gasteiger charge is -2.13. The van der Waals surface area contributed by atoms with Crippen molar-refractivity contribution in [1.29, 1.82) is 0 Å². The van der Waals surface area contributed by atoms with Crippen LogP contribution in [0.1, 0.15) is 6.42 Å². The van der Waals surface area contributed by atoms with Crippen LogP contribution < -0.4 is 5.32 Å². The van der Waals surface area contributed by atoms with E-state index in [1.54, 1.807) is 0 Å². The summed E-state index contributed by atoms with van der Waals surface area (Å²) in [4.78, 5) is 0. The lowest BCUT2D eigenvalue weighted by Crippen LogP contribution is -2.32. The summed E-state index contributed by atoms with van der Waals surface area (Å²) in [5, 5.41) is 30.0. The number of aliphatic hydroxyl groups excluding tert-OH is 3. The van der Waals surface area contributed by atoms with Crippen LogP contribution in [0, 0.1) is 0 Å². The van der Waals surface area contributed by atoms with E-state index in [1.165, 1.54) is 0 Å². The lowest BCUT2D eigenvalue weighted by molar-refractivity contribution is 0.00544. The number of hydrogen-bond donors (Lipinski definition) is 4. The number of rotatable bonds is 0. The summed E-state index contributed by atoms with van der Waals surface area (Å²) in [5.74, 6) is 0. The summed E-state index contributed by atoms with van der Waals surface area (Å²) in [6, 6.07) is 0. The standard InChI is InChI=1S/C6H13NO3/c8-4-1-5(9)6(10)3-7-2-4/h4-10H,1-3H2. The van der Waals surface area contributed by atoms with E-state index in [4.69, 9.17) is 15.3 Å². The van der Waals surface area contributed by atoms with Gasteiger partial charge < -0.3 is 20.6 Å². The molecular weight excluding hydrogens is 134 g/mol. The average molecular weight is 147 g/mol. The van der Waals surface area contributed by atoms with Crippen molar-refractivity contribution in [2.75, 3.05) is 13.1 Å². The van der Waals surface area contributed by atoms with Crippen molar-refractivity contribution in [1.82, 2.24) is 5.32 Å². The van der Waals surface area contributed by atoms with Gasteiger partial charge in [-0.05, 0) is 0 Å². The molecule has 10 heavy (non-hydrogen) atoms. The van der Waals surface area contributed by atoms with Crippen LogP contribution in [0.5, 0.6) is 0 Å². The summed E-state index contributed by atoms with van der Waals surface area (Å²) >= 11 is 0. The highest BCUT2D eigenvalue weighted by atomic mass is 16.3. The van der Waals surface area contributed by atoms with Crippen LogP contribution in [0.2, 0.25) is 0 Å². The number of hydrogen-bond acceptors (Lipinski definition) is 4. The van der Waals surface area contributed by atoms with Gasteiger partial charge in [0.15, 0.2) is 0 Å². The van der Waals surface area contributed by atoms with Crippen molar-refractivity contribution < 1.29 is 15.3 Å². The third-order valence-corrected chi connectivity index (χ3v) is 1.69. The van der Waals surface area contributed by atoms with E-state index in [2.05, 4.69) is 5.32 Å². The predicted molar refractivity (Wildman–Crippen MR) is 35.5 cm³/mol. The predicted octanol–water partition coefficient (Wildman–Crippen LogP) is -1.94. The van der Waals surface area contributed by atoms with E-state index in [0.29, 0.717) is 13.1 Å².